The number of carbonyl (C=O) groups excluding carboxylic acids is 1. The third kappa shape index (κ3) is 3.97. The van der Waals surface area contributed by atoms with E-state index in [2.05, 4.69) is 4.72 Å². The number of aromatic carboxylic acids is 1. The highest BCUT2D eigenvalue weighted by molar-refractivity contribution is 7.92. The number of nitrogens with one attached hydrogen (secondary N) is 1. The third-order valence-electron chi connectivity index (χ3n) is 3.46. The molecule has 9 heteroatoms. The van der Waals surface area contributed by atoms with Crippen molar-refractivity contribution in [1.82, 2.24) is 0 Å². The van der Waals surface area contributed by atoms with Gasteiger partial charge in [-0.3, -0.25) is 4.72 Å². The van der Waals surface area contributed by atoms with Gasteiger partial charge in [0.15, 0.2) is 0 Å². The number of sulfonamides is 1. The molecule has 7 nitrogen and oxygen atoms in total. The van der Waals surface area contributed by atoms with Gasteiger partial charge in [0.25, 0.3) is 10.0 Å². The van der Waals surface area contributed by atoms with E-state index in [0.29, 0.717) is 11.3 Å². The molecule has 0 radical (unpaired) electrons. The van der Waals surface area contributed by atoms with E-state index < -0.39 is 16.0 Å². The molecule has 2 aromatic carbocycles. The van der Waals surface area contributed by atoms with Crippen LogP contribution in [0.3, 0.4) is 0 Å². The largest absolute Gasteiger partial charge is 0.545 e. The van der Waals surface area contributed by atoms with Gasteiger partial charge in [0, 0.05) is 11.6 Å². The van der Waals surface area contributed by atoms with Gasteiger partial charge in [-0.15, -0.1) is 0 Å². The molecule has 0 aliphatic carbocycles. The van der Waals surface area contributed by atoms with Crippen LogP contribution in [0.4, 0.5) is 5.69 Å². The molecule has 0 aromatic heterocycles. The molecule has 2 rings (SSSR count). The number of benzene rings is 2. The minimum Gasteiger partial charge on any atom is -0.545 e. The first-order chi connectivity index (χ1) is 11.7. The molecule has 0 unspecified atom stereocenters. The van der Waals surface area contributed by atoms with Crippen molar-refractivity contribution in [3.8, 4) is 11.5 Å². The zero-order valence-corrected chi connectivity index (χ0v) is 15.2. The second-order valence-electron chi connectivity index (χ2n) is 5.06. The van der Waals surface area contributed by atoms with E-state index in [0.717, 1.165) is 6.07 Å². The highest BCUT2D eigenvalue weighted by Gasteiger charge is 2.19. The first-order valence-electron chi connectivity index (χ1n) is 6.96. The fraction of sp³-hybridized carbons (Fsp3) is 0.188. The summed E-state index contributed by atoms with van der Waals surface area (Å²) in [5, 5.41) is 11.3. The molecule has 25 heavy (non-hydrogen) atoms. The summed E-state index contributed by atoms with van der Waals surface area (Å²) in [5.41, 5.74) is 0.274. The van der Waals surface area contributed by atoms with Crippen LogP contribution in [0.15, 0.2) is 35.2 Å². The minimum absolute atomic E-state index is 0.0869. The lowest BCUT2D eigenvalue weighted by Gasteiger charge is -2.15. The zero-order valence-electron chi connectivity index (χ0n) is 13.6. The molecule has 0 aliphatic heterocycles. The van der Waals surface area contributed by atoms with Crippen molar-refractivity contribution in [1.29, 1.82) is 0 Å². The van der Waals surface area contributed by atoms with Gasteiger partial charge in [0.1, 0.15) is 11.5 Å². The molecule has 0 spiro atoms. The van der Waals surface area contributed by atoms with Crippen LogP contribution in [0.5, 0.6) is 11.5 Å². The number of methoxy groups -OCH3 is 2. The number of aryl methyl sites for hydroxylation is 1. The predicted molar refractivity (Wildman–Crippen MR) is 90.9 cm³/mol. The first-order valence-corrected chi connectivity index (χ1v) is 8.82. The van der Waals surface area contributed by atoms with Crippen molar-refractivity contribution in [2.24, 2.45) is 0 Å². The van der Waals surface area contributed by atoms with E-state index >= 15 is 0 Å². The van der Waals surface area contributed by atoms with Gasteiger partial charge in [-0.2, -0.15) is 0 Å². The van der Waals surface area contributed by atoms with Crippen molar-refractivity contribution in [3.63, 3.8) is 0 Å². The topological polar surface area (TPSA) is 105 Å². The maximum absolute atomic E-state index is 12.6. The lowest BCUT2D eigenvalue weighted by Crippen LogP contribution is -2.24. The number of carbonyl (C=O) groups is 1. The van der Waals surface area contributed by atoms with E-state index in [9.17, 15) is 18.3 Å². The molecule has 2 aromatic rings. The maximum Gasteiger partial charge on any atom is 0.262 e. The summed E-state index contributed by atoms with van der Waals surface area (Å²) < 4.78 is 37.6. The Labute approximate surface area is 150 Å². The van der Waals surface area contributed by atoms with Crippen LogP contribution in [0, 0.1) is 6.92 Å². The molecule has 0 heterocycles. The molecule has 0 fully saturated rings. The quantitative estimate of drug-likeness (QED) is 0.814. The normalized spacial score (nSPS) is 11.0. The molecule has 0 saturated carbocycles. The Hall–Kier alpha value is -2.45. The smallest absolute Gasteiger partial charge is 0.262 e. The van der Waals surface area contributed by atoms with Crippen LogP contribution in [-0.2, 0) is 10.0 Å². The van der Waals surface area contributed by atoms with Gasteiger partial charge in [-0.25, -0.2) is 8.42 Å². The highest BCUT2D eigenvalue weighted by Crippen LogP contribution is 2.37. The number of hydrogen-bond acceptors (Lipinski definition) is 6. The van der Waals surface area contributed by atoms with Gasteiger partial charge >= 0.3 is 0 Å². The average Bonchev–Trinajstić information content (AvgIpc) is 2.54. The summed E-state index contributed by atoms with van der Waals surface area (Å²) in [6.07, 6.45) is 0. The van der Waals surface area contributed by atoms with Crippen molar-refractivity contribution in [3.05, 3.63) is 46.5 Å². The summed E-state index contributed by atoms with van der Waals surface area (Å²) in [7, 11) is -1.30. The molecule has 1 N–H and O–H groups in total. The molecule has 0 amide bonds. The Kier molecular flexibility index (Phi) is 5.44. The van der Waals surface area contributed by atoms with Crippen LogP contribution < -0.4 is 19.3 Å². The number of rotatable bonds is 6. The summed E-state index contributed by atoms with van der Waals surface area (Å²) in [5.74, 6) is -0.951. The number of hydrogen-bond donors (Lipinski definition) is 1. The summed E-state index contributed by atoms with van der Waals surface area (Å²) in [6, 6.07) is 6.48. The van der Waals surface area contributed by atoms with Crippen LogP contribution in [0.25, 0.3) is 0 Å². The fourth-order valence-electron chi connectivity index (χ4n) is 2.13. The maximum atomic E-state index is 12.6. The molecular formula is C16H15ClNO6S-. The van der Waals surface area contributed by atoms with Crippen molar-refractivity contribution < 1.29 is 27.8 Å². The van der Waals surface area contributed by atoms with Gasteiger partial charge < -0.3 is 19.4 Å². The lowest BCUT2D eigenvalue weighted by molar-refractivity contribution is -0.255. The standard InChI is InChI=1S/C16H16ClNO6S/c1-9-4-5-10(6-11(9)16(19)20)25(21,22)18-13-7-12(17)14(23-2)8-15(13)24-3/h4-8,18H,1-3H3,(H,19,20)/p-1. The second kappa shape index (κ2) is 7.20. The molecule has 0 aliphatic rings. The average molecular weight is 385 g/mol. The molecule has 0 saturated heterocycles. The SMILES string of the molecule is COc1cc(OC)c(NS(=O)(=O)c2ccc(C)c(C(=O)[O-])c2)cc1Cl. The van der Waals surface area contributed by atoms with Crippen LogP contribution in [0.2, 0.25) is 5.02 Å². The van der Waals surface area contributed by atoms with Gasteiger partial charge in [0.05, 0.1) is 35.8 Å². The lowest BCUT2D eigenvalue weighted by atomic mass is 10.1. The third-order valence-corrected chi connectivity index (χ3v) is 5.12. The van der Waals surface area contributed by atoms with Gasteiger partial charge in [-0.05, 0) is 30.7 Å². The fourth-order valence-corrected chi connectivity index (χ4v) is 3.46. The Morgan fingerprint density at radius 2 is 1.76 bits per heavy atom. The number of carboxylic acid groups (broad SMARTS) is 1. The van der Waals surface area contributed by atoms with E-state index in [-0.39, 0.29) is 26.9 Å². The Bertz CT molecular complexity index is 926. The summed E-state index contributed by atoms with van der Waals surface area (Å²) in [4.78, 5) is 10.9. The van der Waals surface area contributed by atoms with E-state index in [1.807, 2.05) is 0 Å². The van der Waals surface area contributed by atoms with Crippen LogP contribution in [-0.4, -0.2) is 28.6 Å². The summed E-state index contributed by atoms with van der Waals surface area (Å²) >= 11 is 6.02. The zero-order chi connectivity index (χ0) is 18.8. The van der Waals surface area contributed by atoms with Crippen molar-refractivity contribution in [2.45, 2.75) is 11.8 Å². The molecule has 0 bridgehead atoms. The van der Waals surface area contributed by atoms with Crippen molar-refractivity contribution >= 4 is 33.3 Å². The second-order valence-corrected chi connectivity index (χ2v) is 7.15. The number of carboxylic acids is 1. The van der Waals surface area contributed by atoms with E-state index in [4.69, 9.17) is 21.1 Å². The molecule has 0 atom stereocenters. The first kappa shape index (κ1) is 18.9. The number of anilines is 1. The number of ether oxygens (including phenoxy) is 2. The highest BCUT2D eigenvalue weighted by atomic mass is 35.5. The predicted octanol–water partition coefficient (Wildman–Crippen LogP) is 1.83. The van der Waals surface area contributed by atoms with Crippen LogP contribution >= 0.6 is 11.6 Å². The molecular weight excluding hydrogens is 370 g/mol. The van der Waals surface area contributed by atoms with Crippen molar-refractivity contribution in [2.75, 3.05) is 18.9 Å². The van der Waals surface area contributed by atoms with Crippen LogP contribution in [0.1, 0.15) is 15.9 Å². The van der Waals surface area contributed by atoms with Gasteiger partial charge in [0.2, 0.25) is 0 Å². The summed E-state index contributed by atoms with van der Waals surface area (Å²) in [6.45, 7) is 1.54. The monoisotopic (exact) mass is 384 g/mol. The Morgan fingerprint density at radius 1 is 1.12 bits per heavy atom. The van der Waals surface area contributed by atoms with Gasteiger partial charge in [-0.1, -0.05) is 17.7 Å². The van der Waals surface area contributed by atoms with E-state index in [1.54, 1.807) is 6.92 Å². The Balaban J connectivity index is 2.48. The number of halogens is 1. The molecule has 134 valence electrons. The van der Waals surface area contributed by atoms with E-state index in [1.165, 1.54) is 38.5 Å². The Morgan fingerprint density at radius 3 is 2.32 bits per heavy atom. The minimum atomic E-state index is -4.08.